The third kappa shape index (κ3) is 2.37. The normalized spacial score (nSPS) is 34.3. The van der Waals surface area contributed by atoms with E-state index in [9.17, 15) is 9.59 Å². The van der Waals surface area contributed by atoms with E-state index in [4.69, 9.17) is 9.84 Å². The summed E-state index contributed by atoms with van der Waals surface area (Å²) in [6.07, 6.45) is 2.12. The molecule has 0 aromatic carbocycles. The van der Waals surface area contributed by atoms with Crippen molar-refractivity contribution in [2.45, 2.75) is 57.6 Å². The number of aliphatic carboxylic acids is 1. The van der Waals surface area contributed by atoms with E-state index in [1.165, 1.54) is 0 Å². The molecular formula is C12H19NO4. The SMILES string of the molecule is CC(C)(C)OC(=O)NC12CC(CC(=O)O)(C1)C2. The number of alkyl carbamates (subject to hydrolysis) is 1. The fourth-order valence-corrected chi connectivity index (χ4v) is 3.16. The Bertz CT molecular complexity index is 349. The van der Waals surface area contributed by atoms with Crippen LogP contribution in [0.1, 0.15) is 46.5 Å². The summed E-state index contributed by atoms with van der Waals surface area (Å²) in [5, 5.41) is 11.6. The number of hydrogen-bond acceptors (Lipinski definition) is 3. The van der Waals surface area contributed by atoms with E-state index in [1.807, 2.05) is 20.8 Å². The third-order valence-corrected chi connectivity index (χ3v) is 3.43. The van der Waals surface area contributed by atoms with Crippen LogP contribution in [-0.2, 0) is 9.53 Å². The molecule has 3 saturated carbocycles. The van der Waals surface area contributed by atoms with Gasteiger partial charge in [0.2, 0.25) is 0 Å². The van der Waals surface area contributed by atoms with Crippen LogP contribution in [0.4, 0.5) is 4.79 Å². The second-order valence-electron chi connectivity index (χ2n) is 6.51. The fraction of sp³-hybridized carbons (Fsp3) is 0.833. The minimum Gasteiger partial charge on any atom is -0.481 e. The number of carboxylic acid groups (broad SMARTS) is 1. The molecule has 0 saturated heterocycles. The molecule has 3 aliphatic carbocycles. The average molecular weight is 241 g/mol. The van der Waals surface area contributed by atoms with Gasteiger partial charge >= 0.3 is 12.1 Å². The molecule has 3 rings (SSSR count). The Balaban J connectivity index is 1.78. The fourth-order valence-electron chi connectivity index (χ4n) is 3.16. The standard InChI is InChI=1S/C12H19NO4/c1-10(2,3)17-9(16)13-12-5-11(6-12,7-12)4-8(14)15/h4-7H2,1-3H3,(H,13,16)(H,14,15). The summed E-state index contributed by atoms with van der Waals surface area (Å²) in [5.74, 6) is -0.754. The van der Waals surface area contributed by atoms with Crippen LogP contribution < -0.4 is 5.32 Å². The second-order valence-corrected chi connectivity index (χ2v) is 6.51. The van der Waals surface area contributed by atoms with Crippen LogP contribution >= 0.6 is 0 Å². The molecule has 0 heterocycles. The lowest BCUT2D eigenvalue weighted by molar-refractivity contribution is -0.174. The topological polar surface area (TPSA) is 75.6 Å². The predicted molar refractivity (Wildman–Crippen MR) is 60.6 cm³/mol. The second kappa shape index (κ2) is 3.37. The number of carbonyl (C=O) groups excluding carboxylic acids is 1. The van der Waals surface area contributed by atoms with E-state index >= 15 is 0 Å². The highest BCUT2D eigenvalue weighted by atomic mass is 16.6. The summed E-state index contributed by atoms with van der Waals surface area (Å²) in [5.41, 5.74) is -0.731. The molecule has 17 heavy (non-hydrogen) atoms. The number of hydrogen-bond donors (Lipinski definition) is 2. The highest BCUT2D eigenvalue weighted by molar-refractivity contribution is 5.72. The Morgan fingerprint density at radius 3 is 2.24 bits per heavy atom. The average Bonchev–Trinajstić information content (AvgIpc) is 1.92. The molecule has 3 fully saturated rings. The van der Waals surface area contributed by atoms with E-state index in [-0.39, 0.29) is 17.4 Å². The monoisotopic (exact) mass is 241 g/mol. The van der Waals surface area contributed by atoms with Crippen molar-refractivity contribution in [1.82, 2.24) is 5.32 Å². The van der Waals surface area contributed by atoms with Crippen LogP contribution in [0.15, 0.2) is 0 Å². The summed E-state index contributed by atoms with van der Waals surface area (Å²) in [6, 6.07) is 0. The summed E-state index contributed by atoms with van der Waals surface area (Å²) in [6.45, 7) is 5.46. The zero-order chi connectivity index (χ0) is 12.9. The maximum absolute atomic E-state index is 11.6. The quantitative estimate of drug-likeness (QED) is 0.791. The Hall–Kier alpha value is -1.26. The molecule has 2 N–H and O–H groups in total. The maximum Gasteiger partial charge on any atom is 0.408 e. The minimum absolute atomic E-state index is 0.0547. The van der Waals surface area contributed by atoms with Crippen molar-refractivity contribution in [1.29, 1.82) is 0 Å². The van der Waals surface area contributed by atoms with Gasteiger partial charge in [0, 0.05) is 5.54 Å². The Labute approximate surface area is 101 Å². The summed E-state index contributed by atoms with van der Waals surface area (Å²) < 4.78 is 5.18. The molecule has 0 aliphatic heterocycles. The zero-order valence-electron chi connectivity index (χ0n) is 10.5. The number of rotatable bonds is 3. The molecule has 5 heteroatoms. The van der Waals surface area contributed by atoms with Gasteiger partial charge in [-0.2, -0.15) is 0 Å². The number of carbonyl (C=O) groups is 2. The minimum atomic E-state index is -0.754. The predicted octanol–water partition coefficient (Wildman–Crippen LogP) is 1.91. The third-order valence-electron chi connectivity index (χ3n) is 3.43. The van der Waals surface area contributed by atoms with Crippen molar-refractivity contribution < 1.29 is 19.4 Å². The van der Waals surface area contributed by atoms with E-state index in [1.54, 1.807) is 0 Å². The molecule has 2 bridgehead atoms. The molecule has 0 atom stereocenters. The smallest absolute Gasteiger partial charge is 0.408 e. The van der Waals surface area contributed by atoms with Gasteiger partial charge in [0.1, 0.15) is 5.60 Å². The van der Waals surface area contributed by atoms with E-state index in [0.29, 0.717) is 0 Å². The first-order chi connectivity index (χ1) is 7.64. The first kappa shape index (κ1) is 12.2. The van der Waals surface area contributed by atoms with Gasteiger partial charge in [-0.05, 0) is 45.4 Å². The summed E-state index contributed by atoms with van der Waals surface area (Å²) >= 11 is 0. The molecular weight excluding hydrogens is 222 g/mol. The number of amides is 1. The Kier molecular flexibility index (Phi) is 2.42. The van der Waals surface area contributed by atoms with Crippen molar-refractivity contribution in [3.63, 3.8) is 0 Å². The molecule has 96 valence electrons. The molecule has 0 spiro atoms. The molecule has 0 aromatic heterocycles. The lowest BCUT2D eigenvalue weighted by Crippen LogP contribution is -2.75. The molecule has 3 aliphatic rings. The van der Waals surface area contributed by atoms with Crippen molar-refractivity contribution in [3.05, 3.63) is 0 Å². The van der Waals surface area contributed by atoms with Crippen LogP contribution in [-0.4, -0.2) is 28.3 Å². The van der Waals surface area contributed by atoms with Gasteiger partial charge in [-0.1, -0.05) is 0 Å². The number of ether oxygens (including phenoxy) is 1. The van der Waals surface area contributed by atoms with Crippen molar-refractivity contribution in [2.24, 2.45) is 5.41 Å². The zero-order valence-corrected chi connectivity index (χ0v) is 10.5. The lowest BCUT2D eigenvalue weighted by atomic mass is 9.38. The largest absolute Gasteiger partial charge is 0.481 e. The Morgan fingerprint density at radius 2 is 1.82 bits per heavy atom. The number of carboxylic acids is 1. The van der Waals surface area contributed by atoms with Gasteiger partial charge in [-0.3, -0.25) is 4.79 Å². The summed E-state index contributed by atoms with van der Waals surface area (Å²) in [7, 11) is 0. The van der Waals surface area contributed by atoms with Crippen LogP contribution in [0.3, 0.4) is 0 Å². The highest BCUT2D eigenvalue weighted by Gasteiger charge is 2.69. The highest BCUT2D eigenvalue weighted by Crippen LogP contribution is 2.68. The van der Waals surface area contributed by atoms with Gasteiger partial charge in [-0.15, -0.1) is 0 Å². The molecule has 0 unspecified atom stereocenters. The van der Waals surface area contributed by atoms with Crippen LogP contribution in [0, 0.1) is 5.41 Å². The summed E-state index contributed by atoms with van der Waals surface area (Å²) in [4.78, 5) is 22.2. The van der Waals surface area contributed by atoms with Crippen molar-refractivity contribution >= 4 is 12.1 Å². The molecule has 5 nitrogen and oxygen atoms in total. The van der Waals surface area contributed by atoms with Crippen LogP contribution in [0.5, 0.6) is 0 Å². The first-order valence-corrected chi connectivity index (χ1v) is 5.87. The Morgan fingerprint density at radius 1 is 1.29 bits per heavy atom. The molecule has 0 radical (unpaired) electrons. The van der Waals surface area contributed by atoms with E-state index in [2.05, 4.69) is 5.32 Å². The van der Waals surface area contributed by atoms with Crippen LogP contribution in [0.25, 0.3) is 0 Å². The van der Waals surface area contributed by atoms with Crippen molar-refractivity contribution in [2.75, 3.05) is 0 Å². The van der Waals surface area contributed by atoms with Gasteiger partial charge in [0.05, 0.1) is 6.42 Å². The number of nitrogens with one attached hydrogen (secondary N) is 1. The van der Waals surface area contributed by atoms with E-state index < -0.39 is 17.7 Å². The first-order valence-electron chi connectivity index (χ1n) is 5.87. The van der Waals surface area contributed by atoms with Gasteiger partial charge in [0.15, 0.2) is 0 Å². The maximum atomic E-state index is 11.6. The van der Waals surface area contributed by atoms with Gasteiger partial charge < -0.3 is 15.2 Å². The molecule has 1 amide bonds. The molecule has 0 aromatic rings. The van der Waals surface area contributed by atoms with Gasteiger partial charge in [-0.25, -0.2) is 4.79 Å². The van der Waals surface area contributed by atoms with Crippen molar-refractivity contribution in [3.8, 4) is 0 Å². The van der Waals surface area contributed by atoms with Gasteiger partial charge in [0.25, 0.3) is 0 Å². The van der Waals surface area contributed by atoms with Crippen LogP contribution in [0.2, 0.25) is 0 Å². The lowest BCUT2D eigenvalue weighted by Gasteiger charge is -2.70. The van der Waals surface area contributed by atoms with E-state index in [0.717, 1.165) is 19.3 Å².